The summed E-state index contributed by atoms with van der Waals surface area (Å²) in [6, 6.07) is 14.0. The summed E-state index contributed by atoms with van der Waals surface area (Å²) in [5.41, 5.74) is 0.559. The number of carbonyl (C=O) groups is 1. The number of anilines is 1. The van der Waals surface area contributed by atoms with E-state index in [4.69, 9.17) is 16.3 Å². The van der Waals surface area contributed by atoms with Gasteiger partial charge in [-0.15, -0.1) is 0 Å². The summed E-state index contributed by atoms with van der Waals surface area (Å²) in [5, 5.41) is 3.13. The molecular formula is C13H9BrClNO2. The topological polar surface area (TPSA) is 38.3 Å². The number of carbonyl (C=O) groups excluding carboxylic acids is 1. The molecule has 0 aromatic heterocycles. The van der Waals surface area contributed by atoms with Crippen LogP contribution in [0.25, 0.3) is 0 Å². The molecule has 0 spiro atoms. The Morgan fingerprint density at radius 1 is 1.11 bits per heavy atom. The first-order chi connectivity index (χ1) is 8.66. The highest BCUT2D eigenvalue weighted by Crippen LogP contribution is 2.30. The fourth-order valence-electron chi connectivity index (χ4n) is 1.33. The van der Waals surface area contributed by atoms with Gasteiger partial charge in [0.05, 0.1) is 15.2 Å². The molecule has 0 fully saturated rings. The summed E-state index contributed by atoms with van der Waals surface area (Å²) >= 11 is 9.21. The third-order valence-electron chi connectivity index (χ3n) is 2.14. The number of hydrogen-bond donors (Lipinski definition) is 1. The number of halogens is 2. The molecule has 0 heterocycles. The molecule has 18 heavy (non-hydrogen) atoms. The number of hydrogen-bond acceptors (Lipinski definition) is 2. The predicted molar refractivity (Wildman–Crippen MR) is 75.2 cm³/mol. The molecule has 2 rings (SSSR count). The van der Waals surface area contributed by atoms with Gasteiger partial charge in [-0.2, -0.15) is 0 Å². The second kappa shape index (κ2) is 5.89. The van der Waals surface area contributed by atoms with Gasteiger partial charge in [-0.05, 0) is 40.2 Å². The number of para-hydroxylation sites is 1. The van der Waals surface area contributed by atoms with Crippen molar-refractivity contribution in [3.05, 3.63) is 58.0 Å². The van der Waals surface area contributed by atoms with E-state index in [1.54, 1.807) is 42.5 Å². The van der Waals surface area contributed by atoms with Crippen LogP contribution in [-0.2, 0) is 0 Å². The van der Waals surface area contributed by atoms with Crippen LogP contribution in [-0.4, -0.2) is 6.09 Å². The van der Waals surface area contributed by atoms with Crippen molar-refractivity contribution in [3.8, 4) is 5.75 Å². The van der Waals surface area contributed by atoms with E-state index >= 15 is 0 Å². The molecule has 0 radical (unpaired) electrons. The van der Waals surface area contributed by atoms with Crippen molar-refractivity contribution in [3.63, 3.8) is 0 Å². The first-order valence-corrected chi connectivity index (χ1v) is 6.32. The minimum absolute atomic E-state index is 0.480. The van der Waals surface area contributed by atoms with Crippen molar-refractivity contribution >= 4 is 39.3 Å². The number of benzene rings is 2. The monoisotopic (exact) mass is 325 g/mol. The molecule has 0 atom stereocenters. The zero-order chi connectivity index (χ0) is 13.0. The van der Waals surface area contributed by atoms with Crippen LogP contribution in [0, 0.1) is 0 Å². The second-order valence-corrected chi connectivity index (χ2v) is 4.63. The van der Waals surface area contributed by atoms with Gasteiger partial charge in [-0.3, -0.25) is 5.32 Å². The largest absolute Gasteiger partial charge is 0.417 e. The van der Waals surface area contributed by atoms with Crippen LogP contribution in [0.4, 0.5) is 10.5 Å². The summed E-state index contributed by atoms with van der Waals surface area (Å²) in [6.45, 7) is 0. The zero-order valence-electron chi connectivity index (χ0n) is 9.19. The lowest BCUT2D eigenvalue weighted by molar-refractivity contribution is 0.215. The summed E-state index contributed by atoms with van der Waals surface area (Å²) in [6.07, 6.45) is -0.566. The van der Waals surface area contributed by atoms with E-state index in [0.717, 1.165) is 0 Å². The maximum atomic E-state index is 11.6. The van der Waals surface area contributed by atoms with Crippen molar-refractivity contribution in [1.29, 1.82) is 0 Å². The molecule has 0 saturated carbocycles. The molecule has 2 aromatic rings. The Morgan fingerprint density at radius 2 is 1.83 bits per heavy atom. The number of amides is 1. The van der Waals surface area contributed by atoms with Crippen molar-refractivity contribution in [2.75, 3.05) is 5.32 Å². The average molecular weight is 327 g/mol. The minimum atomic E-state index is -0.566. The zero-order valence-corrected chi connectivity index (χ0v) is 11.5. The van der Waals surface area contributed by atoms with Gasteiger partial charge in [-0.1, -0.05) is 35.9 Å². The van der Waals surface area contributed by atoms with Gasteiger partial charge in [0, 0.05) is 0 Å². The molecular weight excluding hydrogens is 318 g/mol. The van der Waals surface area contributed by atoms with E-state index in [0.29, 0.717) is 20.9 Å². The van der Waals surface area contributed by atoms with Crippen LogP contribution in [0.2, 0.25) is 5.02 Å². The molecule has 0 aliphatic heterocycles. The third kappa shape index (κ3) is 3.24. The highest BCUT2D eigenvalue weighted by atomic mass is 79.9. The Kier molecular flexibility index (Phi) is 4.23. The van der Waals surface area contributed by atoms with Gasteiger partial charge < -0.3 is 4.74 Å². The SMILES string of the molecule is O=C(Nc1cccc(Cl)c1Br)Oc1ccccc1. The third-order valence-corrected chi connectivity index (χ3v) is 3.54. The maximum absolute atomic E-state index is 11.6. The molecule has 5 heteroatoms. The van der Waals surface area contributed by atoms with Gasteiger partial charge in [0.15, 0.2) is 0 Å². The molecule has 1 N–H and O–H groups in total. The van der Waals surface area contributed by atoms with Crippen LogP contribution in [0.3, 0.4) is 0 Å². The Morgan fingerprint density at radius 3 is 2.56 bits per heavy atom. The molecule has 0 aliphatic carbocycles. The number of ether oxygens (including phenoxy) is 1. The smallest absolute Gasteiger partial charge is 0.410 e. The molecule has 0 bridgehead atoms. The van der Waals surface area contributed by atoms with Crippen molar-refractivity contribution in [2.45, 2.75) is 0 Å². The lowest BCUT2D eigenvalue weighted by Crippen LogP contribution is -2.16. The lowest BCUT2D eigenvalue weighted by atomic mass is 10.3. The second-order valence-electron chi connectivity index (χ2n) is 3.43. The van der Waals surface area contributed by atoms with E-state index in [9.17, 15) is 4.79 Å². The van der Waals surface area contributed by atoms with Crippen LogP contribution < -0.4 is 10.1 Å². The summed E-state index contributed by atoms with van der Waals surface area (Å²) in [4.78, 5) is 11.6. The molecule has 0 aliphatic rings. The highest BCUT2D eigenvalue weighted by Gasteiger charge is 2.09. The Hall–Kier alpha value is -1.52. The number of rotatable bonds is 2. The van der Waals surface area contributed by atoms with Gasteiger partial charge in [-0.25, -0.2) is 4.79 Å². The molecule has 92 valence electrons. The molecule has 3 nitrogen and oxygen atoms in total. The van der Waals surface area contributed by atoms with Gasteiger partial charge in [0.25, 0.3) is 0 Å². The summed E-state index contributed by atoms with van der Waals surface area (Å²) < 4.78 is 5.72. The molecule has 0 unspecified atom stereocenters. The standard InChI is InChI=1S/C13H9BrClNO2/c14-12-10(15)7-4-8-11(12)16-13(17)18-9-5-2-1-3-6-9/h1-8H,(H,16,17). The lowest BCUT2D eigenvalue weighted by Gasteiger charge is -2.08. The van der Waals surface area contributed by atoms with Crippen molar-refractivity contribution < 1.29 is 9.53 Å². The van der Waals surface area contributed by atoms with Gasteiger partial charge in [0.2, 0.25) is 0 Å². The van der Waals surface area contributed by atoms with E-state index in [2.05, 4.69) is 21.2 Å². The minimum Gasteiger partial charge on any atom is -0.410 e. The Labute approximate surface area is 118 Å². The Balaban J connectivity index is 2.06. The summed E-state index contributed by atoms with van der Waals surface area (Å²) in [5.74, 6) is 0.480. The normalized spacial score (nSPS) is 9.89. The van der Waals surface area contributed by atoms with Crippen LogP contribution >= 0.6 is 27.5 Å². The average Bonchev–Trinajstić information content (AvgIpc) is 2.36. The van der Waals surface area contributed by atoms with E-state index in [-0.39, 0.29) is 0 Å². The summed E-state index contributed by atoms with van der Waals surface area (Å²) in [7, 11) is 0. The van der Waals surface area contributed by atoms with Crippen LogP contribution in [0.5, 0.6) is 5.75 Å². The van der Waals surface area contributed by atoms with Gasteiger partial charge >= 0.3 is 6.09 Å². The van der Waals surface area contributed by atoms with E-state index < -0.39 is 6.09 Å². The quantitative estimate of drug-likeness (QED) is 0.867. The predicted octanol–water partition coefficient (Wildman–Crippen LogP) is 4.71. The van der Waals surface area contributed by atoms with Gasteiger partial charge in [0.1, 0.15) is 5.75 Å². The van der Waals surface area contributed by atoms with E-state index in [1.165, 1.54) is 0 Å². The van der Waals surface area contributed by atoms with Crippen molar-refractivity contribution in [2.24, 2.45) is 0 Å². The molecule has 1 amide bonds. The highest BCUT2D eigenvalue weighted by molar-refractivity contribution is 9.10. The fourth-order valence-corrected chi connectivity index (χ4v) is 1.87. The van der Waals surface area contributed by atoms with Crippen LogP contribution in [0.1, 0.15) is 0 Å². The van der Waals surface area contributed by atoms with Crippen molar-refractivity contribution in [1.82, 2.24) is 0 Å². The molecule has 0 saturated heterocycles. The maximum Gasteiger partial charge on any atom is 0.417 e. The van der Waals surface area contributed by atoms with E-state index in [1.807, 2.05) is 6.07 Å². The Bertz CT molecular complexity index is 560. The first kappa shape index (κ1) is 12.9. The fraction of sp³-hybridized carbons (Fsp3) is 0. The number of nitrogens with one attached hydrogen (secondary N) is 1. The molecule has 2 aromatic carbocycles. The van der Waals surface area contributed by atoms with Crippen LogP contribution in [0.15, 0.2) is 53.0 Å². The first-order valence-electron chi connectivity index (χ1n) is 5.15.